The molecule has 1 aromatic heterocycles. The Morgan fingerprint density at radius 2 is 1.81 bits per heavy atom. The van der Waals surface area contributed by atoms with Crippen molar-refractivity contribution in [3.05, 3.63) is 11.7 Å². The van der Waals surface area contributed by atoms with Crippen LogP contribution in [0.4, 0.5) is 38.2 Å². The summed E-state index contributed by atoms with van der Waals surface area (Å²) in [7, 11) is 1.15. The van der Waals surface area contributed by atoms with Crippen LogP contribution in [0.15, 0.2) is 5.83 Å². The molecule has 13 heteroatoms. The van der Waals surface area contributed by atoms with Gasteiger partial charge in [-0.1, -0.05) is 0 Å². The first kappa shape index (κ1) is 19.9. The lowest BCUT2D eigenvalue weighted by molar-refractivity contribution is -0.142. The van der Waals surface area contributed by atoms with E-state index in [1.165, 1.54) is 0 Å². The quantitative estimate of drug-likeness (QED) is 0.595. The molecule has 0 bridgehead atoms. The van der Waals surface area contributed by atoms with Crippen molar-refractivity contribution in [1.82, 2.24) is 15.0 Å². The van der Waals surface area contributed by atoms with Crippen molar-refractivity contribution in [3.8, 4) is 0 Å². The predicted molar refractivity (Wildman–Crippen MR) is 76.8 cm³/mol. The van der Waals surface area contributed by atoms with Crippen LogP contribution >= 0.6 is 0 Å². The molecule has 7 nitrogen and oxygen atoms in total. The van der Waals surface area contributed by atoms with Gasteiger partial charge in [0.15, 0.2) is 11.7 Å². The van der Waals surface area contributed by atoms with Crippen LogP contribution in [-0.2, 0) is 9.63 Å². The van der Waals surface area contributed by atoms with Crippen molar-refractivity contribution in [2.75, 3.05) is 17.9 Å². The van der Waals surface area contributed by atoms with Gasteiger partial charge in [0.25, 0.3) is 11.7 Å². The van der Waals surface area contributed by atoms with Gasteiger partial charge in [0.05, 0.1) is 7.11 Å². The van der Waals surface area contributed by atoms with E-state index in [-0.39, 0.29) is 0 Å². The molecule has 0 aromatic carbocycles. The number of Topliss-reactive ketones (excluding diaryl/α,β-unsaturated/α-hetero) is 1. The number of aromatic nitrogens is 3. The van der Waals surface area contributed by atoms with Gasteiger partial charge in [0.2, 0.25) is 5.95 Å². The smallest absolute Gasteiger partial charge is 0.343 e. The molecule has 1 aromatic rings. The van der Waals surface area contributed by atoms with E-state index >= 15 is 0 Å². The van der Waals surface area contributed by atoms with E-state index in [4.69, 9.17) is 0 Å². The molecule has 1 unspecified atom stereocenters. The zero-order chi connectivity index (χ0) is 19.7. The van der Waals surface area contributed by atoms with Crippen molar-refractivity contribution in [1.29, 1.82) is 0 Å². The SMILES string of the molecule is CONc1nc(NC(C)C(F)(F)F)nc(C2=C(F)C(=O)C(F)(F)CC2)n1. The Bertz CT molecular complexity index is 736. The maximum absolute atomic E-state index is 14.0. The molecular formula is C13H13F6N5O2. The number of nitrogens with zero attached hydrogens (tertiary/aromatic N) is 3. The summed E-state index contributed by atoms with van der Waals surface area (Å²) in [5.41, 5.74) is 1.57. The summed E-state index contributed by atoms with van der Waals surface area (Å²) in [6, 6.07) is -2.07. The number of halogens is 6. The van der Waals surface area contributed by atoms with Crippen molar-refractivity contribution >= 4 is 23.3 Å². The minimum atomic E-state index is -4.63. The average molecular weight is 385 g/mol. The molecule has 0 spiro atoms. The van der Waals surface area contributed by atoms with Crippen LogP contribution in [0.2, 0.25) is 0 Å². The summed E-state index contributed by atoms with van der Waals surface area (Å²) in [5.74, 6) is -9.20. The molecule has 1 heterocycles. The number of nitrogens with one attached hydrogen (secondary N) is 2. The summed E-state index contributed by atoms with van der Waals surface area (Å²) < 4.78 is 78.6. The second-order valence-electron chi connectivity index (χ2n) is 5.35. The summed E-state index contributed by atoms with van der Waals surface area (Å²) in [5, 5.41) is 1.94. The minimum Gasteiger partial charge on any atom is -0.343 e. The number of alkyl halides is 5. The molecule has 2 rings (SSSR count). The first-order valence-electron chi connectivity index (χ1n) is 7.15. The number of anilines is 2. The third kappa shape index (κ3) is 4.20. The van der Waals surface area contributed by atoms with Crippen molar-refractivity contribution in [2.24, 2.45) is 0 Å². The summed E-state index contributed by atoms with van der Waals surface area (Å²) in [6.45, 7) is 0.789. The molecule has 0 fully saturated rings. The number of hydrogen-bond donors (Lipinski definition) is 2. The number of rotatable bonds is 5. The van der Waals surface area contributed by atoms with Crippen LogP contribution in [0.5, 0.6) is 0 Å². The number of carbonyl (C=O) groups excluding carboxylic acids is 1. The third-order valence-electron chi connectivity index (χ3n) is 3.42. The normalized spacial score (nSPS) is 18.7. The van der Waals surface area contributed by atoms with Crippen LogP contribution in [0.25, 0.3) is 5.57 Å². The van der Waals surface area contributed by atoms with Gasteiger partial charge in [-0.2, -0.15) is 36.9 Å². The van der Waals surface area contributed by atoms with Gasteiger partial charge in [-0.25, -0.2) is 9.87 Å². The third-order valence-corrected chi connectivity index (χ3v) is 3.42. The Hall–Kier alpha value is -2.44. The first-order chi connectivity index (χ1) is 12.0. The first-order valence-corrected chi connectivity index (χ1v) is 7.15. The van der Waals surface area contributed by atoms with Gasteiger partial charge in [0, 0.05) is 12.0 Å². The van der Waals surface area contributed by atoms with Crippen molar-refractivity contribution in [3.63, 3.8) is 0 Å². The standard InChI is InChI=1S/C13H13F6N5O2/c1-5(13(17,18)19)20-10-21-9(22-11(23-10)24-26-2)6-3-4-12(15,16)8(25)7(6)14/h5H,3-4H2,1-2H3,(H2,20,21,22,23,24). The van der Waals surface area contributed by atoms with Gasteiger partial charge < -0.3 is 5.32 Å². The van der Waals surface area contributed by atoms with Gasteiger partial charge >= 0.3 is 12.1 Å². The van der Waals surface area contributed by atoms with Crippen LogP contribution in [-0.4, -0.2) is 46.0 Å². The van der Waals surface area contributed by atoms with Gasteiger partial charge in [-0.05, 0) is 13.3 Å². The number of carbonyl (C=O) groups is 1. The highest BCUT2D eigenvalue weighted by atomic mass is 19.4. The number of allylic oxidation sites excluding steroid dienone is 2. The summed E-state index contributed by atoms with van der Waals surface area (Å²) >= 11 is 0. The van der Waals surface area contributed by atoms with E-state index in [2.05, 4.69) is 25.3 Å². The minimum absolute atomic E-state index is 0.403. The van der Waals surface area contributed by atoms with E-state index in [1.807, 2.05) is 5.32 Å². The Morgan fingerprint density at radius 1 is 1.19 bits per heavy atom. The largest absolute Gasteiger partial charge is 0.408 e. The van der Waals surface area contributed by atoms with Crippen LogP contribution in [0.1, 0.15) is 25.6 Å². The fourth-order valence-electron chi connectivity index (χ4n) is 2.00. The average Bonchev–Trinajstić information content (AvgIpc) is 2.52. The Kier molecular flexibility index (Phi) is 5.39. The van der Waals surface area contributed by atoms with Crippen LogP contribution in [0.3, 0.4) is 0 Å². The molecule has 0 saturated carbocycles. The summed E-state index contributed by atoms with van der Waals surface area (Å²) in [6.07, 6.45) is -6.20. The Balaban J connectivity index is 2.45. The molecule has 0 aliphatic heterocycles. The monoisotopic (exact) mass is 385 g/mol. The highest BCUT2D eigenvalue weighted by Crippen LogP contribution is 2.38. The molecule has 0 saturated heterocycles. The number of ketones is 1. The van der Waals surface area contributed by atoms with Gasteiger partial charge in [-0.3, -0.25) is 9.63 Å². The van der Waals surface area contributed by atoms with E-state index in [0.29, 0.717) is 0 Å². The van der Waals surface area contributed by atoms with Crippen molar-refractivity contribution < 1.29 is 36.0 Å². The fraction of sp³-hybridized carbons (Fsp3) is 0.538. The second-order valence-corrected chi connectivity index (χ2v) is 5.35. The molecular weight excluding hydrogens is 372 g/mol. The zero-order valence-corrected chi connectivity index (χ0v) is 13.4. The molecule has 26 heavy (non-hydrogen) atoms. The second kappa shape index (κ2) is 7.05. The molecule has 1 aliphatic carbocycles. The predicted octanol–water partition coefficient (Wildman–Crippen LogP) is 2.89. The summed E-state index contributed by atoms with van der Waals surface area (Å²) in [4.78, 5) is 26.8. The lowest BCUT2D eigenvalue weighted by Crippen LogP contribution is -2.34. The molecule has 2 N–H and O–H groups in total. The maximum Gasteiger partial charge on any atom is 0.408 e. The van der Waals surface area contributed by atoms with Gasteiger partial charge in [-0.15, -0.1) is 0 Å². The highest BCUT2D eigenvalue weighted by molar-refractivity contribution is 6.05. The van der Waals surface area contributed by atoms with E-state index < -0.39 is 65.9 Å². The van der Waals surface area contributed by atoms with Crippen LogP contribution in [0, 0.1) is 0 Å². The lowest BCUT2D eigenvalue weighted by atomic mass is 9.93. The molecule has 0 radical (unpaired) electrons. The van der Waals surface area contributed by atoms with E-state index in [0.717, 1.165) is 14.0 Å². The Labute approximate surface area is 142 Å². The fourth-order valence-corrected chi connectivity index (χ4v) is 2.00. The number of hydrogen-bond acceptors (Lipinski definition) is 7. The topological polar surface area (TPSA) is 89.0 Å². The van der Waals surface area contributed by atoms with Crippen LogP contribution < -0.4 is 10.8 Å². The highest BCUT2D eigenvalue weighted by Gasteiger charge is 2.46. The van der Waals surface area contributed by atoms with E-state index in [1.54, 1.807) is 0 Å². The molecule has 0 amide bonds. The Morgan fingerprint density at radius 3 is 2.38 bits per heavy atom. The maximum atomic E-state index is 14.0. The zero-order valence-electron chi connectivity index (χ0n) is 13.4. The van der Waals surface area contributed by atoms with Crippen molar-refractivity contribution in [2.45, 2.75) is 37.9 Å². The van der Waals surface area contributed by atoms with E-state index in [9.17, 15) is 31.1 Å². The molecule has 144 valence electrons. The van der Waals surface area contributed by atoms with Gasteiger partial charge in [0.1, 0.15) is 6.04 Å². The molecule has 1 aliphatic rings. The lowest BCUT2D eigenvalue weighted by Gasteiger charge is -2.22. The molecule has 1 atom stereocenters.